The van der Waals surface area contributed by atoms with Crippen LogP contribution >= 0.6 is 0 Å². The van der Waals surface area contributed by atoms with Crippen LogP contribution in [0.25, 0.3) is 0 Å². The molecule has 0 bridgehead atoms. The fourth-order valence-electron chi connectivity index (χ4n) is 3.20. The Kier molecular flexibility index (Phi) is 5.68. The highest BCUT2D eigenvalue weighted by atomic mass is 16.2. The largest absolute Gasteiger partial charge is 0.337 e. The first-order valence-electron chi connectivity index (χ1n) is 9.07. The molecular weight excluding hydrogens is 326 g/mol. The smallest absolute Gasteiger partial charge is 0.253 e. The van der Waals surface area contributed by atoms with Gasteiger partial charge in [0, 0.05) is 31.7 Å². The number of rotatable bonds is 4. The van der Waals surface area contributed by atoms with E-state index in [2.05, 4.69) is 6.92 Å². The van der Waals surface area contributed by atoms with E-state index in [0.29, 0.717) is 31.7 Å². The Hall–Kier alpha value is -2.66. The number of hydrogen-bond donors (Lipinski definition) is 1. The third-order valence-corrected chi connectivity index (χ3v) is 4.91. The predicted octanol–water partition coefficient (Wildman–Crippen LogP) is 2.23. The molecule has 1 unspecified atom stereocenters. The van der Waals surface area contributed by atoms with Gasteiger partial charge in [0.1, 0.15) is 6.04 Å². The van der Waals surface area contributed by atoms with E-state index in [1.807, 2.05) is 54.6 Å². The number of aryl methyl sites for hydroxylation is 1. The maximum absolute atomic E-state index is 12.6. The van der Waals surface area contributed by atoms with Gasteiger partial charge in [0.15, 0.2) is 0 Å². The molecule has 1 aliphatic heterocycles. The summed E-state index contributed by atoms with van der Waals surface area (Å²) in [6, 6.07) is 16.5. The number of nitrogens with zero attached hydrogens (tertiary/aromatic N) is 2. The van der Waals surface area contributed by atoms with E-state index < -0.39 is 6.04 Å². The molecule has 0 aliphatic carbocycles. The molecule has 0 radical (unpaired) electrons. The normalized spacial score (nSPS) is 15.6. The Morgan fingerprint density at radius 2 is 1.50 bits per heavy atom. The lowest BCUT2D eigenvalue weighted by Crippen LogP contribution is -2.52. The van der Waals surface area contributed by atoms with E-state index >= 15 is 0 Å². The Balaban J connectivity index is 1.58. The van der Waals surface area contributed by atoms with Gasteiger partial charge < -0.3 is 15.5 Å². The van der Waals surface area contributed by atoms with Crippen LogP contribution in [0.15, 0.2) is 54.6 Å². The van der Waals surface area contributed by atoms with Crippen LogP contribution in [0.4, 0.5) is 0 Å². The molecule has 1 saturated heterocycles. The van der Waals surface area contributed by atoms with E-state index in [1.165, 1.54) is 5.56 Å². The zero-order valence-corrected chi connectivity index (χ0v) is 15.1. The molecule has 0 spiro atoms. The van der Waals surface area contributed by atoms with Crippen molar-refractivity contribution in [1.82, 2.24) is 9.80 Å². The number of carbonyl (C=O) groups excluding carboxylic acids is 2. The van der Waals surface area contributed by atoms with Crippen LogP contribution in [0, 0.1) is 0 Å². The molecule has 2 aromatic rings. The molecule has 1 aliphatic rings. The molecule has 1 atom stereocenters. The number of piperazine rings is 1. The SMILES string of the molecule is CCc1ccc(C(=O)N2CCN(C(=O)C(N)c3ccccc3)CC2)cc1. The molecule has 3 rings (SSSR count). The lowest BCUT2D eigenvalue weighted by molar-refractivity contribution is -0.134. The summed E-state index contributed by atoms with van der Waals surface area (Å²) in [5.41, 5.74) is 8.83. The summed E-state index contributed by atoms with van der Waals surface area (Å²) >= 11 is 0. The van der Waals surface area contributed by atoms with E-state index in [9.17, 15) is 9.59 Å². The van der Waals surface area contributed by atoms with Crippen molar-refractivity contribution in [3.05, 3.63) is 71.3 Å². The summed E-state index contributed by atoms with van der Waals surface area (Å²) < 4.78 is 0. The molecule has 26 heavy (non-hydrogen) atoms. The van der Waals surface area contributed by atoms with Gasteiger partial charge in [-0.15, -0.1) is 0 Å². The molecule has 136 valence electrons. The van der Waals surface area contributed by atoms with Crippen molar-refractivity contribution in [2.24, 2.45) is 5.73 Å². The van der Waals surface area contributed by atoms with Gasteiger partial charge in [-0.3, -0.25) is 9.59 Å². The monoisotopic (exact) mass is 351 g/mol. The van der Waals surface area contributed by atoms with Crippen LogP contribution in [-0.2, 0) is 11.2 Å². The highest BCUT2D eigenvalue weighted by molar-refractivity contribution is 5.94. The fraction of sp³-hybridized carbons (Fsp3) is 0.333. The van der Waals surface area contributed by atoms with Crippen molar-refractivity contribution in [3.8, 4) is 0 Å². The topological polar surface area (TPSA) is 66.6 Å². The van der Waals surface area contributed by atoms with Gasteiger partial charge in [-0.1, -0.05) is 49.4 Å². The standard InChI is InChI=1S/C21H25N3O2/c1-2-16-8-10-18(11-9-16)20(25)23-12-14-24(15-13-23)21(26)19(22)17-6-4-3-5-7-17/h3-11,19H,2,12-15,22H2,1H3. The van der Waals surface area contributed by atoms with Gasteiger partial charge in [0.25, 0.3) is 5.91 Å². The maximum atomic E-state index is 12.6. The minimum Gasteiger partial charge on any atom is -0.337 e. The number of amides is 2. The second-order valence-corrected chi connectivity index (χ2v) is 6.56. The van der Waals surface area contributed by atoms with Gasteiger partial charge >= 0.3 is 0 Å². The number of nitrogens with two attached hydrogens (primary N) is 1. The number of hydrogen-bond acceptors (Lipinski definition) is 3. The molecule has 1 heterocycles. The Labute approximate surface area is 154 Å². The predicted molar refractivity (Wildman–Crippen MR) is 102 cm³/mol. The number of carbonyl (C=O) groups is 2. The maximum Gasteiger partial charge on any atom is 0.253 e. The average molecular weight is 351 g/mol. The van der Waals surface area contributed by atoms with Crippen molar-refractivity contribution in [3.63, 3.8) is 0 Å². The van der Waals surface area contributed by atoms with Crippen molar-refractivity contribution in [1.29, 1.82) is 0 Å². The van der Waals surface area contributed by atoms with Crippen molar-refractivity contribution in [2.45, 2.75) is 19.4 Å². The summed E-state index contributed by atoms with van der Waals surface area (Å²) in [4.78, 5) is 28.8. The number of benzene rings is 2. The summed E-state index contributed by atoms with van der Waals surface area (Å²) in [6.07, 6.45) is 0.955. The second kappa shape index (κ2) is 8.15. The molecule has 5 heteroatoms. The van der Waals surface area contributed by atoms with Crippen molar-refractivity contribution in [2.75, 3.05) is 26.2 Å². The van der Waals surface area contributed by atoms with Crippen LogP contribution in [0.5, 0.6) is 0 Å². The lowest BCUT2D eigenvalue weighted by atomic mass is 10.1. The molecule has 1 fully saturated rings. The molecule has 0 aromatic heterocycles. The molecule has 0 saturated carbocycles. The fourth-order valence-corrected chi connectivity index (χ4v) is 3.20. The highest BCUT2D eigenvalue weighted by Gasteiger charge is 2.28. The Bertz CT molecular complexity index is 751. The van der Waals surface area contributed by atoms with Gasteiger partial charge in [-0.05, 0) is 29.7 Å². The van der Waals surface area contributed by atoms with E-state index in [-0.39, 0.29) is 11.8 Å². The molecular formula is C21H25N3O2. The summed E-state index contributed by atoms with van der Waals surface area (Å²) in [7, 11) is 0. The summed E-state index contributed by atoms with van der Waals surface area (Å²) in [5.74, 6) is -0.0669. The molecule has 2 amide bonds. The first kappa shape index (κ1) is 18.1. The Morgan fingerprint density at radius 1 is 0.923 bits per heavy atom. The molecule has 2 N–H and O–H groups in total. The van der Waals surface area contributed by atoms with Gasteiger partial charge in [0.2, 0.25) is 5.91 Å². The van der Waals surface area contributed by atoms with Crippen LogP contribution in [-0.4, -0.2) is 47.8 Å². The highest BCUT2D eigenvalue weighted by Crippen LogP contribution is 2.16. The summed E-state index contributed by atoms with van der Waals surface area (Å²) in [5, 5.41) is 0. The minimum atomic E-state index is -0.653. The zero-order valence-electron chi connectivity index (χ0n) is 15.1. The van der Waals surface area contributed by atoms with Crippen LogP contribution in [0.2, 0.25) is 0 Å². The third-order valence-electron chi connectivity index (χ3n) is 4.91. The van der Waals surface area contributed by atoms with E-state index in [4.69, 9.17) is 5.73 Å². The van der Waals surface area contributed by atoms with Crippen molar-refractivity contribution >= 4 is 11.8 Å². The van der Waals surface area contributed by atoms with E-state index in [0.717, 1.165) is 12.0 Å². The van der Waals surface area contributed by atoms with Crippen LogP contribution < -0.4 is 5.73 Å². The minimum absolute atomic E-state index is 0.0205. The quantitative estimate of drug-likeness (QED) is 0.919. The summed E-state index contributed by atoms with van der Waals surface area (Å²) in [6.45, 7) is 4.17. The van der Waals surface area contributed by atoms with Crippen LogP contribution in [0.3, 0.4) is 0 Å². The van der Waals surface area contributed by atoms with E-state index in [1.54, 1.807) is 9.80 Å². The third kappa shape index (κ3) is 3.94. The zero-order chi connectivity index (χ0) is 18.5. The lowest BCUT2D eigenvalue weighted by Gasteiger charge is -2.36. The first-order valence-corrected chi connectivity index (χ1v) is 9.07. The van der Waals surface area contributed by atoms with Gasteiger partial charge in [0.05, 0.1) is 0 Å². The van der Waals surface area contributed by atoms with Gasteiger partial charge in [-0.2, -0.15) is 0 Å². The van der Waals surface area contributed by atoms with Crippen LogP contribution in [0.1, 0.15) is 34.5 Å². The molecule has 2 aromatic carbocycles. The average Bonchev–Trinajstić information content (AvgIpc) is 2.73. The first-order chi connectivity index (χ1) is 12.6. The van der Waals surface area contributed by atoms with Gasteiger partial charge in [-0.25, -0.2) is 0 Å². The Morgan fingerprint density at radius 3 is 2.08 bits per heavy atom. The molecule has 5 nitrogen and oxygen atoms in total. The van der Waals surface area contributed by atoms with Crippen molar-refractivity contribution < 1.29 is 9.59 Å². The second-order valence-electron chi connectivity index (χ2n) is 6.56.